The highest BCUT2D eigenvalue weighted by Gasteiger charge is 2.16. The quantitative estimate of drug-likeness (QED) is 0.516. The van der Waals surface area contributed by atoms with E-state index in [2.05, 4.69) is 15.5 Å². The molecule has 154 valence electrons. The number of rotatable bonds is 7. The molecule has 3 rings (SSSR count). The van der Waals surface area contributed by atoms with Crippen LogP contribution in [0.3, 0.4) is 0 Å². The van der Waals surface area contributed by atoms with Crippen molar-refractivity contribution >= 4 is 23.2 Å². The number of hydrogen-bond acceptors (Lipinski definition) is 6. The van der Waals surface area contributed by atoms with Crippen LogP contribution in [0.2, 0.25) is 0 Å². The molecular formula is C21H26N4O4. The number of β-amino-alcohol motifs (C(OH)–C–C–N with tert-alkyl or cyclic N) is 1. The first-order chi connectivity index (χ1) is 14.0. The normalized spacial score (nSPS) is 15.5. The first kappa shape index (κ1) is 20.8. The van der Waals surface area contributed by atoms with E-state index < -0.39 is 6.10 Å². The summed E-state index contributed by atoms with van der Waals surface area (Å²) in [5.41, 5.74) is 7.68. The van der Waals surface area contributed by atoms with E-state index in [1.165, 1.54) is 0 Å². The molecule has 1 aliphatic heterocycles. The van der Waals surface area contributed by atoms with E-state index in [0.717, 1.165) is 13.1 Å². The summed E-state index contributed by atoms with van der Waals surface area (Å²) < 4.78 is 5.28. The molecule has 1 fully saturated rings. The van der Waals surface area contributed by atoms with Crippen LogP contribution in [-0.2, 0) is 4.74 Å². The van der Waals surface area contributed by atoms with Crippen LogP contribution in [0.25, 0.3) is 0 Å². The largest absolute Gasteiger partial charge is 0.397 e. The zero-order valence-corrected chi connectivity index (χ0v) is 16.1. The predicted molar refractivity (Wildman–Crippen MR) is 111 cm³/mol. The van der Waals surface area contributed by atoms with Gasteiger partial charge in [-0.2, -0.15) is 0 Å². The molecular weight excluding hydrogens is 372 g/mol. The molecule has 8 heteroatoms. The van der Waals surface area contributed by atoms with Crippen LogP contribution < -0.4 is 16.4 Å². The summed E-state index contributed by atoms with van der Waals surface area (Å²) in [6, 6.07) is 13.3. The number of para-hydroxylation sites is 2. The van der Waals surface area contributed by atoms with Crippen molar-refractivity contribution in [2.45, 2.75) is 6.10 Å². The van der Waals surface area contributed by atoms with Crippen molar-refractivity contribution in [2.75, 3.05) is 50.4 Å². The maximum Gasteiger partial charge on any atom is 0.255 e. The van der Waals surface area contributed by atoms with Crippen LogP contribution in [0.4, 0.5) is 11.4 Å². The number of nitrogens with one attached hydrogen (secondary N) is 2. The zero-order valence-electron chi connectivity index (χ0n) is 16.1. The topological polar surface area (TPSA) is 117 Å². The van der Waals surface area contributed by atoms with E-state index in [1.54, 1.807) is 48.5 Å². The third kappa shape index (κ3) is 6.02. The second-order valence-electron chi connectivity index (χ2n) is 6.90. The Bertz CT molecular complexity index is 835. The fraction of sp³-hybridized carbons (Fsp3) is 0.333. The SMILES string of the molecule is Nc1ccccc1NC(=O)c1ccc(C(=O)NCC(O)CN2CCOCC2)cc1. The van der Waals surface area contributed by atoms with Gasteiger partial charge in [0, 0.05) is 37.3 Å². The van der Waals surface area contributed by atoms with E-state index in [9.17, 15) is 14.7 Å². The number of nitrogen functional groups attached to an aromatic ring is 1. The van der Waals surface area contributed by atoms with Crippen LogP contribution in [0.5, 0.6) is 0 Å². The zero-order chi connectivity index (χ0) is 20.6. The number of nitrogens with two attached hydrogens (primary N) is 1. The van der Waals surface area contributed by atoms with Crippen molar-refractivity contribution in [3.05, 3.63) is 59.7 Å². The van der Waals surface area contributed by atoms with Crippen molar-refractivity contribution in [3.8, 4) is 0 Å². The molecule has 29 heavy (non-hydrogen) atoms. The molecule has 1 saturated heterocycles. The van der Waals surface area contributed by atoms with E-state index in [4.69, 9.17) is 10.5 Å². The molecule has 0 aromatic heterocycles. The maximum absolute atomic E-state index is 12.3. The molecule has 2 amide bonds. The summed E-state index contributed by atoms with van der Waals surface area (Å²) in [4.78, 5) is 26.7. The lowest BCUT2D eigenvalue weighted by Gasteiger charge is -2.28. The van der Waals surface area contributed by atoms with Gasteiger partial charge in [0.15, 0.2) is 0 Å². The van der Waals surface area contributed by atoms with Gasteiger partial charge >= 0.3 is 0 Å². The summed E-state index contributed by atoms with van der Waals surface area (Å²) in [5.74, 6) is -0.610. The highest BCUT2D eigenvalue weighted by atomic mass is 16.5. The number of amides is 2. The lowest BCUT2D eigenvalue weighted by Crippen LogP contribution is -2.44. The number of morpholine rings is 1. The van der Waals surface area contributed by atoms with Gasteiger partial charge < -0.3 is 26.2 Å². The highest BCUT2D eigenvalue weighted by molar-refractivity contribution is 6.06. The molecule has 0 spiro atoms. The average Bonchev–Trinajstić information content (AvgIpc) is 2.74. The van der Waals surface area contributed by atoms with Gasteiger partial charge in [0.25, 0.3) is 11.8 Å². The summed E-state index contributed by atoms with van der Waals surface area (Å²) in [6.07, 6.45) is -0.654. The Labute approximate surface area is 169 Å². The summed E-state index contributed by atoms with van der Waals surface area (Å²) in [5, 5.41) is 15.6. The van der Waals surface area contributed by atoms with Gasteiger partial charge in [-0.3, -0.25) is 14.5 Å². The fourth-order valence-corrected chi connectivity index (χ4v) is 3.04. The van der Waals surface area contributed by atoms with Crippen LogP contribution in [0.15, 0.2) is 48.5 Å². The first-order valence-electron chi connectivity index (χ1n) is 9.55. The number of ether oxygens (including phenoxy) is 1. The van der Waals surface area contributed by atoms with Gasteiger partial charge in [-0.25, -0.2) is 0 Å². The molecule has 1 aliphatic rings. The number of benzene rings is 2. The molecule has 1 unspecified atom stereocenters. The van der Waals surface area contributed by atoms with Crippen molar-refractivity contribution in [1.29, 1.82) is 0 Å². The molecule has 0 aliphatic carbocycles. The van der Waals surface area contributed by atoms with E-state index in [0.29, 0.717) is 42.3 Å². The summed E-state index contributed by atoms with van der Waals surface area (Å²) >= 11 is 0. The van der Waals surface area contributed by atoms with Crippen LogP contribution in [0.1, 0.15) is 20.7 Å². The first-order valence-corrected chi connectivity index (χ1v) is 9.55. The minimum absolute atomic E-state index is 0.158. The Morgan fingerprint density at radius 3 is 2.31 bits per heavy atom. The number of aliphatic hydroxyl groups is 1. The molecule has 1 atom stereocenters. The smallest absolute Gasteiger partial charge is 0.255 e. The third-order valence-corrected chi connectivity index (χ3v) is 4.69. The second-order valence-corrected chi connectivity index (χ2v) is 6.90. The number of aliphatic hydroxyl groups excluding tert-OH is 1. The number of hydrogen-bond donors (Lipinski definition) is 4. The van der Waals surface area contributed by atoms with Gasteiger partial charge in [-0.1, -0.05) is 12.1 Å². The molecule has 2 aromatic carbocycles. The van der Waals surface area contributed by atoms with Crippen molar-refractivity contribution in [3.63, 3.8) is 0 Å². The van der Waals surface area contributed by atoms with Gasteiger partial charge in [0.2, 0.25) is 0 Å². The van der Waals surface area contributed by atoms with Crippen molar-refractivity contribution in [2.24, 2.45) is 0 Å². The van der Waals surface area contributed by atoms with Crippen LogP contribution in [-0.4, -0.2) is 67.3 Å². The molecule has 0 saturated carbocycles. The molecule has 1 heterocycles. The molecule has 5 N–H and O–H groups in total. The van der Waals surface area contributed by atoms with E-state index in [-0.39, 0.29) is 18.4 Å². The minimum atomic E-state index is -0.654. The highest BCUT2D eigenvalue weighted by Crippen LogP contribution is 2.18. The van der Waals surface area contributed by atoms with E-state index >= 15 is 0 Å². The van der Waals surface area contributed by atoms with Crippen LogP contribution in [0, 0.1) is 0 Å². The Morgan fingerprint density at radius 1 is 1.03 bits per heavy atom. The third-order valence-electron chi connectivity index (χ3n) is 4.69. The number of carbonyl (C=O) groups is 2. The molecule has 8 nitrogen and oxygen atoms in total. The van der Waals surface area contributed by atoms with E-state index in [1.807, 2.05) is 0 Å². The van der Waals surface area contributed by atoms with Gasteiger partial charge in [0.1, 0.15) is 0 Å². The van der Waals surface area contributed by atoms with Gasteiger partial charge in [-0.05, 0) is 36.4 Å². The summed E-state index contributed by atoms with van der Waals surface area (Å²) in [6.45, 7) is 3.54. The Morgan fingerprint density at radius 2 is 1.66 bits per heavy atom. The monoisotopic (exact) mass is 398 g/mol. The lowest BCUT2D eigenvalue weighted by atomic mass is 10.1. The Hall–Kier alpha value is -2.94. The minimum Gasteiger partial charge on any atom is -0.397 e. The summed E-state index contributed by atoms with van der Waals surface area (Å²) in [7, 11) is 0. The maximum atomic E-state index is 12.3. The van der Waals surface area contributed by atoms with Gasteiger partial charge in [-0.15, -0.1) is 0 Å². The number of nitrogens with zero attached hydrogens (tertiary/aromatic N) is 1. The van der Waals surface area contributed by atoms with Crippen LogP contribution >= 0.6 is 0 Å². The predicted octanol–water partition coefficient (Wildman–Crippen LogP) is 0.944. The second kappa shape index (κ2) is 10.0. The fourth-order valence-electron chi connectivity index (χ4n) is 3.04. The molecule has 2 aromatic rings. The Kier molecular flexibility index (Phi) is 7.18. The Balaban J connectivity index is 1.49. The molecule has 0 radical (unpaired) electrons. The lowest BCUT2D eigenvalue weighted by molar-refractivity contribution is 0.0149. The van der Waals surface area contributed by atoms with Crippen molar-refractivity contribution < 1.29 is 19.4 Å². The van der Waals surface area contributed by atoms with Gasteiger partial charge in [0.05, 0.1) is 30.7 Å². The standard InChI is InChI=1S/C21H26N4O4/c22-18-3-1-2-4-19(18)24-21(28)16-7-5-15(6-8-16)20(27)23-13-17(26)14-25-9-11-29-12-10-25/h1-8,17,26H,9-14,22H2,(H,23,27)(H,24,28). The average molecular weight is 398 g/mol. The van der Waals surface area contributed by atoms with Crippen molar-refractivity contribution in [1.82, 2.24) is 10.2 Å². The number of anilines is 2. The number of carbonyl (C=O) groups excluding carboxylic acids is 2. The molecule has 0 bridgehead atoms.